The predicted molar refractivity (Wildman–Crippen MR) is 106 cm³/mol. The summed E-state index contributed by atoms with van der Waals surface area (Å²) in [6, 6.07) is 13.3. The number of ether oxygens (including phenoxy) is 1. The van der Waals surface area contributed by atoms with Crippen LogP contribution in [0.15, 0.2) is 47.6 Å². The first kappa shape index (κ1) is 18.9. The van der Waals surface area contributed by atoms with Gasteiger partial charge in [0.2, 0.25) is 11.1 Å². The van der Waals surface area contributed by atoms with Crippen LogP contribution in [0.4, 0.5) is 5.69 Å². The monoisotopic (exact) mass is 383 g/mol. The molecule has 7 nitrogen and oxygen atoms in total. The summed E-state index contributed by atoms with van der Waals surface area (Å²) in [4.78, 5) is 12.6. The molecule has 0 fully saturated rings. The molecule has 1 N–H and O–H groups in total. The van der Waals surface area contributed by atoms with E-state index in [0.29, 0.717) is 16.6 Å². The number of anilines is 1. The summed E-state index contributed by atoms with van der Waals surface area (Å²) in [5.74, 6) is 0.460. The highest BCUT2D eigenvalue weighted by molar-refractivity contribution is 8.00. The third-order valence-electron chi connectivity index (χ3n) is 4.19. The van der Waals surface area contributed by atoms with Gasteiger partial charge in [0.25, 0.3) is 0 Å². The third-order valence-corrected chi connectivity index (χ3v) is 5.23. The maximum Gasteiger partial charge on any atom is 0.237 e. The fraction of sp³-hybridized carbons (Fsp3) is 0.263. The van der Waals surface area contributed by atoms with E-state index in [-0.39, 0.29) is 5.91 Å². The first-order valence-electron chi connectivity index (χ1n) is 8.46. The van der Waals surface area contributed by atoms with Gasteiger partial charge in [-0.25, -0.2) is 0 Å². The number of amides is 1. The van der Waals surface area contributed by atoms with Crippen molar-refractivity contribution in [3.8, 4) is 11.4 Å². The SMILES string of the molecule is COc1ccccc1NC(=O)[C@H](C)Sc1nnnn1-c1ccc(C)c(C)c1. The topological polar surface area (TPSA) is 81.9 Å². The number of rotatable bonds is 6. The van der Waals surface area contributed by atoms with E-state index in [1.54, 1.807) is 23.9 Å². The van der Waals surface area contributed by atoms with Crippen molar-refractivity contribution in [2.75, 3.05) is 12.4 Å². The summed E-state index contributed by atoms with van der Waals surface area (Å²) in [5.41, 5.74) is 3.85. The number of tetrazole rings is 1. The Labute approximate surface area is 162 Å². The molecule has 8 heteroatoms. The minimum Gasteiger partial charge on any atom is -0.495 e. The number of hydrogen-bond acceptors (Lipinski definition) is 6. The van der Waals surface area contributed by atoms with E-state index in [4.69, 9.17) is 4.74 Å². The lowest BCUT2D eigenvalue weighted by molar-refractivity contribution is -0.115. The van der Waals surface area contributed by atoms with Crippen molar-refractivity contribution in [3.63, 3.8) is 0 Å². The van der Waals surface area contributed by atoms with Gasteiger partial charge in [-0.15, -0.1) is 5.10 Å². The smallest absolute Gasteiger partial charge is 0.237 e. The van der Waals surface area contributed by atoms with Crippen LogP contribution in [0.25, 0.3) is 5.69 Å². The van der Waals surface area contributed by atoms with Crippen LogP contribution in [-0.2, 0) is 4.79 Å². The zero-order valence-electron chi connectivity index (χ0n) is 15.6. The number of aromatic nitrogens is 4. The number of methoxy groups -OCH3 is 1. The summed E-state index contributed by atoms with van der Waals surface area (Å²) in [7, 11) is 1.57. The van der Waals surface area contributed by atoms with Crippen molar-refractivity contribution < 1.29 is 9.53 Å². The van der Waals surface area contributed by atoms with Crippen LogP contribution in [0.2, 0.25) is 0 Å². The fourth-order valence-electron chi connectivity index (χ4n) is 2.47. The Morgan fingerprint density at radius 3 is 2.70 bits per heavy atom. The van der Waals surface area contributed by atoms with E-state index in [0.717, 1.165) is 11.3 Å². The highest BCUT2D eigenvalue weighted by Crippen LogP contribution is 2.27. The Morgan fingerprint density at radius 2 is 1.96 bits per heavy atom. The molecule has 0 unspecified atom stereocenters. The second-order valence-electron chi connectivity index (χ2n) is 6.09. The van der Waals surface area contributed by atoms with Crippen molar-refractivity contribution in [1.29, 1.82) is 0 Å². The molecule has 1 amide bonds. The molecule has 0 aliphatic carbocycles. The van der Waals surface area contributed by atoms with Crippen LogP contribution in [0.3, 0.4) is 0 Å². The van der Waals surface area contributed by atoms with E-state index >= 15 is 0 Å². The van der Waals surface area contributed by atoms with E-state index in [9.17, 15) is 4.79 Å². The lowest BCUT2D eigenvalue weighted by Gasteiger charge is -2.14. The predicted octanol–water partition coefficient (Wildman–Crippen LogP) is 3.41. The van der Waals surface area contributed by atoms with Gasteiger partial charge in [-0.1, -0.05) is 30.0 Å². The number of hydrogen-bond donors (Lipinski definition) is 1. The van der Waals surface area contributed by atoms with Gasteiger partial charge in [0.05, 0.1) is 23.7 Å². The largest absolute Gasteiger partial charge is 0.495 e. The standard InChI is InChI=1S/C19H21N5O2S/c1-12-9-10-15(11-13(12)2)24-19(21-22-23-24)27-14(3)18(25)20-16-7-5-6-8-17(16)26-4/h5-11,14H,1-4H3,(H,20,25)/t14-/m0/s1. The average Bonchev–Trinajstić information content (AvgIpc) is 3.12. The molecule has 0 saturated heterocycles. The number of carbonyl (C=O) groups excluding carboxylic acids is 1. The first-order chi connectivity index (χ1) is 13.0. The Morgan fingerprint density at radius 1 is 1.19 bits per heavy atom. The second kappa shape index (κ2) is 8.22. The molecular formula is C19H21N5O2S. The summed E-state index contributed by atoms with van der Waals surface area (Å²) >= 11 is 1.30. The summed E-state index contributed by atoms with van der Waals surface area (Å²) in [6.45, 7) is 5.91. The van der Waals surface area contributed by atoms with Crippen molar-refractivity contribution in [2.45, 2.75) is 31.2 Å². The number of carbonyl (C=O) groups is 1. The maximum atomic E-state index is 12.6. The van der Waals surface area contributed by atoms with Gasteiger partial charge in [0, 0.05) is 0 Å². The van der Waals surface area contributed by atoms with Gasteiger partial charge < -0.3 is 10.1 Å². The highest BCUT2D eigenvalue weighted by Gasteiger charge is 2.20. The van der Waals surface area contributed by atoms with Gasteiger partial charge >= 0.3 is 0 Å². The first-order valence-corrected chi connectivity index (χ1v) is 9.34. The molecule has 1 atom stereocenters. The fourth-order valence-corrected chi connectivity index (χ4v) is 3.27. The van der Waals surface area contributed by atoms with Crippen LogP contribution in [0, 0.1) is 13.8 Å². The molecule has 3 rings (SSSR count). The lowest BCUT2D eigenvalue weighted by Crippen LogP contribution is -2.23. The van der Waals surface area contributed by atoms with Crippen molar-refractivity contribution in [3.05, 3.63) is 53.6 Å². The molecule has 0 aliphatic heterocycles. The van der Waals surface area contributed by atoms with Gasteiger partial charge in [-0.3, -0.25) is 4.79 Å². The molecular weight excluding hydrogens is 362 g/mol. The number of nitrogens with zero attached hydrogens (tertiary/aromatic N) is 4. The van der Waals surface area contributed by atoms with E-state index < -0.39 is 5.25 Å². The third kappa shape index (κ3) is 4.28. The minimum absolute atomic E-state index is 0.154. The molecule has 0 spiro atoms. The number of benzene rings is 2. The quantitative estimate of drug-likeness (QED) is 0.657. The number of nitrogens with one attached hydrogen (secondary N) is 1. The van der Waals surface area contributed by atoms with Crippen LogP contribution < -0.4 is 10.1 Å². The summed E-state index contributed by atoms with van der Waals surface area (Å²) < 4.78 is 6.91. The molecule has 0 bridgehead atoms. The van der Waals surface area contributed by atoms with Crippen molar-refractivity contribution in [2.24, 2.45) is 0 Å². The van der Waals surface area contributed by atoms with E-state index in [1.807, 2.05) is 44.2 Å². The Kier molecular flexibility index (Phi) is 5.75. The van der Waals surface area contributed by atoms with E-state index in [2.05, 4.69) is 27.8 Å². The Hall–Kier alpha value is -2.87. The summed E-state index contributed by atoms with van der Waals surface area (Å²) in [5, 5.41) is 14.9. The van der Waals surface area contributed by atoms with Crippen LogP contribution in [0.5, 0.6) is 5.75 Å². The molecule has 0 radical (unpaired) electrons. The molecule has 0 saturated carbocycles. The van der Waals surface area contributed by atoms with Crippen molar-refractivity contribution in [1.82, 2.24) is 20.2 Å². The normalized spacial score (nSPS) is 11.9. The highest BCUT2D eigenvalue weighted by atomic mass is 32.2. The maximum absolute atomic E-state index is 12.6. The lowest BCUT2D eigenvalue weighted by atomic mass is 10.1. The van der Waals surface area contributed by atoms with Gasteiger partial charge in [-0.05, 0) is 66.6 Å². The zero-order valence-corrected chi connectivity index (χ0v) is 16.4. The van der Waals surface area contributed by atoms with Crippen LogP contribution in [-0.4, -0.2) is 38.5 Å². The Balaban J connectivity index is 1.75. The molecule has 27 heavy (non-hydrogen) atoms. The van der Waals surface area contributed by atoms with Gasteiger partial charge in [0.1, 0.15) is 5.75 Å². The van der Waals surface area contributed by atoms with Gasteiger partial charge in [0.15, 0.2) is 0 Å². The average molecular weight is 383 g/mol. The van der Waals surface area contributed by atoms with Crippen molar-refractivity contribution >= 4 is 23.4 Å². The number of para-hydroxylation sites is 2. The number of thioether (sulfide) groups is 1. The van der Waals surface area contributed by atoms with Crippen LogP contribution in [0.1, 0.15) is 18.1 Å². The molecule has 0 aliphatic rings. The van der Waals surface area contributed by atoms with Gasteiger partial charge in [-0.2, -0.15) is 4.68 Å². The Bertz CT molecular complexity index is 957. The molecule has 2 aromatic carbocycles. The molecule has 3 aromatic rings. The molecule has 1 heterocycles. The second-order valence-corrected chi connectivity index (χ2v) is 7.40. The minimum atomic E-state index is -0.397. The zero-order chi connectivity index (χ0) is 19.4. The number of aryl methyl sites for hydroxylation is 2. The molecule has 1 aromatic heterocycles. The van der Waals surface area contributed by atoms with E-state index in [1.165, 1.54) is 17.3 Å². The van der Waals surface area contributed by atoms with Crippen LogP contribution >= 0.6 is 11.8 Å². The molecule has 140 valence electrons. The summed E-state index contributed by atoms with van der Waals surface area (Å²) in [6.07, 6.45) is 0.